The Morgan fingerprint density at radius 2 is 2.00 bits per heavy atom. The molecule has 0 N–H and O–H groups in total. The van der Waals surface area contributed by atoms with E-state index in [0.29, 0.717) is 6.61 Å². The Morgan fingerprint density at radius 1 is 1.26 bits per heavy atom. The van der Waals surface area contributed by atoms with Gasteiger partial charge in [0.25, 0.3) is 0 Å². The molecule has 0 aliphatic carbocycles. The Hall–Kier alpha value is -1.13. The van der Waals surface area contributed by atoms with Gasteiger partial charge in [0, 0.05) is 6.54 Å². The molecule has 1 aromatic rings. The molecule has 106 valence electrons. The lowest BCUT2D eigenvalue weighted by atomic mass is 10.1. The molecule has 0 spiro atoms. The number of likely N-dealkylation sites (tertiary alicyclic amines) is 1. The Labute approximate surface area is 119 Å². The molecule has 3 nitrogen and oxygen atoms in total. The van der Waals surface area contributed by atoms with Crippen molar-refractivity contribution < 1.29 is 26.3 Å². The van der Waals surface area contributed by atoms with Gasteiger partial charge in [0.2, 0.25) is 0 Å². The number of rotatable bonds is 4. The summed E-state index contributed by atoms with van der Waals surface area (Å²) in [6.45, 7) is 3.30. The molecule has 1 saturated heterocycles. The molecule has 0 saturated carbocycles. The van der Waals surface area contributed by atoms with Crippen molar-refractivity contribution in [2.24, 2.45) is 0 Å². The van der Waals surface area contributed by atoms with E-state index in [0.717, 1.165) is 19.6 Å². The first-order valence-electron chi connectivity index (χ1n) is 6.41. The van der Waals surface area contributed by atoms with E-state index in [9.17, 15) is 9.18 Å². The Morgan fingerprint density at radius 3 is 2.68 bits per heavy atom. The molecule has 1 heterocycles. The minimum atomic E-state index is -0.452. The van der Waals surface area contributed by atoms with Gasteiger partial charge in [-0.1, -0.05) is 12.5 Å². The quantitative estimate of drug-likeness (QED) is 0.697. The van der Waals surface area contributed by atoms with Gasteiger partial charge >= 0.3 is 5.97 Å². The lowest BCUT2D eigenvalue weighted by Gasteiger charge is -2.25. The number of nitrogens with zero attached hydrogens (tertiary/aromatic N) is 1. The third-order valence-electron chi connectivity index (χ3n) is 3.15. The van der Waals surface area contributed by atoms with Crippen molar-refractivity contribution in [1.29, 1.82) is 0 Å². The van der Waals surface area contributed by atoms with Crippen LogP contribution in [0.25, 0.3) is 0 Å². The maximum atomic E-state index is 12.9. The Bertz CT molecular complexity index is 408. The van der Waals surface area contributed by atoms with Crippen molar-refractivity contribution in [1.82, 2.24) is 4.90 Å². The van der Waals surface area contributed by atoms with Gasteiger partial charge in [-0.05, 0) is 44.1 Å². The van der Waals surface area contributed by atoms with Crippen LogP contribution < -0.4 is 12.4 Å². The van der Waals surface area contributed by atoms with Crippen molar-refractivity contribution in [3.8, 4) is 0 Å². The molecule has 0 bridgehead atoms. The summed E-state index contributed by atoms with van der Waals surface area (Å²) >= 11 is 0. The highest BCUT2D eigenvalue weighted by Crippen LogP contribution is 2.09. The first-order chi connectivity index (χ1) is 8.75. The minimum Gasteiger partial charge on any atom is -1.00 e. The number of hydrogen-bond donors (Lipinski definition) is 0. The number of ether oxygens (including phenoxy) is 1. The zero-order valence-corrected chi connectivity index (χ0v) is 11.5. The lowest BCUT2D eigenvalue weighted by molar-refractivity contribution is -0.0000235. The van der Waals surface area contributed by atoms with Gasteiger partial charge in [-0.25, -0.2) is 9.18 Å². The largest absolute Gasteiger partial charge is 1.00 e. The van der Waals surface area contributed by atoms with Crippen LogP contribution in [-0.2, 0) is 4.74 Å². The van der Waals surface area contributed by atoms with E-state index in [2.05, 4.69) is 4.90 Å². The van der Waals surface area contributed by atoms with E-state index < -0.39 is 11.8 Å². The first-order valence-corrected chi connectivity index (χ1v) is 6.41. The average molecular weight is 287 g/mol. The summed E-state index contributed by atoms with van der Waals surface area (Å²) in [6, 6.07) is 5.58. The van der Waals surface area contributed by atoms with E-state index in [1.807, 2.05) is 0 Å². The number of esters is 1. The highest BCUT2D eigenvalue weighted by molar-refractivity contribution is 5.89. The summed E-state index contributed by atoms with van der Waals surface area (Å²) in [5.74, 6) is -0.869. The Kier molecular flexibility index (Phi) is 6.81. The number of carbonyl (C=O) groups excluding carboxylic acids is 1. The van der Waals surface area contributed by atoms with Crippen LogP contribution in [0.2, 0.25) is 0 Å². The first kappa shape index (κ1) is 15.9. The van der Waals surface area contributed by atoms with Crippen LogP contribution in [0.1, 0.15) is 29.6 Å². The normalized spacial score (nSPS) is 15.6. The minimum absolute atomic E-state index is 0. The highest BCUT2D eigenvalue weighted by atomic mass is 35.5. The van der Waals surface area contributed by atoms with Gasteiger partial charge < -0.3 is 17.1 Å². The molecule has 1 aromatic carbocycles. The second kappa shape index (κ2) is 8.12. The molecule has 0 atom stereocenters. The smallest absolute Gasteiger partial charge is 0.338 e. The third kappa shape index (κ3) is 5.17. The molecule has 0 unspecified atom stereocenters. The van der Waals surface area contributed by atoms with E-state index >= 15 is 0 Å². The topological polar surface area (TPSA) is 29.5 Å². The lowest BCUT2D eigenvalue weighted by Crippen LogP contribution is -3.00. The molecule has 5 heteroatoms. The molecule has 1 aliphatic rings. The molecule has 0 radical (unpaired) electrons. The number of piperidine rings is 1. The molecule has 2 rings (SSSR count). The van der Waals surface area contributed by atoms with Crippen LogP contribution in [0.4, 0.5) is 4.39 Å². The zero-order valence-electron chi connectivity index (χ0n) is 10.8. The van der Waals surface area contributed by atoms with Crippen LogP contribution >= 0.6 is 0 Å². The van der Waals surface area contributed by atoms with Crippen LogP contribution in [0.5, 0.6) is 0 Å². The second-order valence-electron chi connectivity index (χ2n) is 4.55. The molecular formula is C14H18ClFNO2-. The SMILES string of the molecule is O=C(OCCN1CCCCC1)c1cccc(F)c1.[Cl-]. The predicted molar refractivity (Wildman–Crippen MR) is 67.0 cm³/mol. The molecule has 19 heavy (non-hydrogen) atoms. The molecule has 1 fully saturated rings. The zero-order chi connectivity index (χ0) is 12.8. The van der Waals surface area contributed by atoms with Crippen molar-refractivity contribution in [3.05, 3.63) is 35.6 Å². The van der Waals surface area contributed by atoms with Crippen molar-refractivity contribution in [2.45, 2.75) is 19.3 Å². The van der Waals surface area contributed by atoms with E-state index in [4.69, 9.17) is 4.74 Å². The fourth-order valence-electron chi connectivity index (χ4n) is 2.15. The summed E-state index contributed by atoms with van der Waals surface area (Å²) in [5, 5.41) is 0. The summed E-state index contributed by atoms with van der Waals surface area (Å²) in [6.07, 6.45) is 3.73. The van der Waals surface area contributed by atoms with Crippen molar-refractivity contribution in [2.75, 3.05) is 26.2 Å². The number of carbonyl (C=O) groups is 1. The van der Waals surface area contributed by atoms with E-state index in [1.54, 1.807) is 6.07 Å². The fourth-order valence-corrected chi connectivity index (χ4v) is 2.15. The van der Waals surface area contributed by atoms with Gasteiger partial charge in [0.15, 0.2) is 0 Å². The summed E-state index contributed by atoms with van der Waals surface area (Å²) in [4.78, 5) is 13.9. The molecule has 0 amide bonds. The predicted octanol–water partition coefficient (Wildman–Crippen LogP) is -0.528. The molecule has 1 aliphatic heterocycles. The van der Waals surface area contributed by atoms with Crippen molar-refractivity contribution >= 4 is 5.97 Å². The number of hydrogen-bond acceptors (Lipinski definition) is 3. The summed E-state index contributed by atoms with van der Waals surface area (Å²) < 4.78 is 18.1. The Balaban J connectivity index is 0.00000180. The average Bonchev–Trinajstić information content (AvgIpc) is 2.40. The van der Waals surface area contributed by atoms with Crippen molar-refractivity contribution in [3.63, 3.8) is 0 Å². The second-order valence-corrected chi connectivity index (χ2v) is 4.55. The molecule has 0 aromatic heterocycles. The third-order valence-corrected chi connectivity index (χ3v) is 3.15. The highest BCUT2D eigenvalue weighted by Gasteiger charge is 2.12. The van der Waals surface area contributed by atoms with Crippen LogP contribution in [-0.4, -0.2) is 37.1 Å². The van der Waals surface area contributed by atoms with E-state index in [1.165, 1.54) is 37.5 Å². The van der Waals surface area contributed by atoms with Gasteiger partial charge in [0.1, 0.15) is 12.4 Å². The number of halogens is 2. The number of benzene rings is 1. The summed E-state index contributed by atoms with van der Waals surface area (Å²) in [7, 11) is 0. The van der Waals surface area contributed by atoms with Gasteiger partial charge in [-0.2, -0.15) is 0 Å². The van der Waals surface area contributed by atoms with Gasteiger partial charge in [-0.3, -0.25) is 4.90 Å². The van der Waals surface area contributed by atoms with Crippen LogP contribution in [0.3, 0.4) is 0 Å². The van der Waals surface area contributed by atoms with Crippen LogP contribution in [0, 0.1) is 5.82 Å². The van der Waals surface area contributed by atoms with Crippen LogP contribution in [0.15, 0.2) is 24.3 Å². The maximum Gasteiger partial charge on any atom is 0.338 e. The maximum absolute atomic E-state index is 12.9. The molecular weight excluding hydrogens is 269 g/mol. The fraction of sp³-hybridized carbons (Fsp3) is 0.500. The van der Waals surface area contributed by atoms with Gasteiger partial charge in [0.05, 0.1) is 5.56 Å². The van der Waals surface area contributed by atoms with Gasteiger partial charge in [-0.15, -0.1) is 0 Å². The van der Waals surface area contributed by atoms with E-state index in [-0.39, 0.29) is 18.0 Å². The standard InChI is InChI=1S/C14H18FNO2.ClH/c15-13-6-4-5-12(11-13)14(17)18-10-9-16-7-2-1-3-8-16;/h4-6,11H,1-3,7-10H2;1H/p-1. The monoisotopic (exact) mass is 286 g/mol. The summed E-state index contributed by atoms with van der Waals surface area (Å²) in [5.41, 5.74) is 0.272.